The van der Waals surface area contributed by atoms with Gasteiger partial charge in [0, 0.05) is 22.7 Å². The first-order valence-corrected chi connectivity index (χ1v) is 12.4. The zero-order valence-electron chi connectivity index (χ0n) is 21.0. The topological polar surface area (TPSA) is 118 Å². The normalized spacial score (nSPS) is 12.1. The number of hydrogen-bond donors (Lipinski definition) is 3. The fourth-order valence-electron chi connectivity index (χ4n) is 4.16. The lowest BCUT2D eigenvalue weighted by Crippen LogP contribution is -2.41. The average Bonchev–Trinajstić information content (AvgIpc) is 3.22. The lowest BCUT2D eigenvalue weighted by atomic mass is 9.99. The Kier molecular flexibility index (Phi) is 8.77. The van der Waals surface area contributed by atoms with Gasteiger partial charge in [0.1, 0.15) is 12.4 Å². The third kappa shape index (κ3) is 7.11. The maximum atomic E-state index is 14.4. The molecule has 3 N–H and O–H groups in total. The largest absolute Gasteiger partial charge is 0.465 e. The van der Waals surface area contributed by atoms with Gasteiger partial charge in [-0.1, -0.05) is 48.0 Å². The van der Waals surface area contributed by atoms with Crippen molar-refractivity contribution in [2.75, 3.05) is 6.54 Å². The highest BCUT2D eigenvalue weighted by molar-refractivity contribution is 6.30. The maximum Gasteiger partial charge on any atom is 0.416 e. The lowest BCUT2D eigenvalue weighted by Gasteiger charge is -2.22. The van der Waals surface area contributed by atoms with Crippen LogP contribution in [0.15, 0.2) is 77.6 Å². The monoisotopic (exact) mass is 591 g/mol. The fourth-order valence-corrected chi connectivity index (χ4v) is 4.29. The van der Waals surface area contributed by atoms with Gasteiger partial charge in [-0.2, -0.15) is 13.2 Å². The van der Waals surface area contributed by atoms with E-state index in [0.29, 0.717) is 10.6 Å². The number of carbonyl (C=O) groups excluding carboxylic acids is 1. The molecule has 0 saturated carbocycles. The van der Waals surface area contributed by atoms with Crippen LogP contribution in [-0.2, 0) is 24.1 Å². The Morgan fingerprint density at radius 3 is 2.32 bits per heavy atom. The number of nitrogens with zero attached hydrogens (tertiary/aromatic N) is 3. The minimum atomic E-state index is -4.78. The van der Waals surface area contributed by atoms with E-state index < -0.39 is 54.4 Å². The molecule has 0 bridgehead atoms. The van der Waals surface area contributed by atoms with Crippen molar-refractivity contribution in [1.82, 2.24) is 25.0 Å². The summed E-state index contributed by atoms with van der Waals surface area (Å²) in [7, 11) is 0. The van der Waals surface area contributed by atoms with Crippen LogP contribution >= 0.6 is 11.6 Å². The molecular formula is C27H22ClF4N5O4. The standard InChI is InChI=1S/C27H22ClF4N5O4/c28-18-11-9-16(10-12-18)24-35-37(26(41)36(24)14-17-5-1-4-8-21(17)29)15-23(38)34-22(13-33-25(39)40)19-6-2-3-7-20(19)27(30,31)32/h1-12,22,33H,13-15H2,(H,34,38)(H,39,40). The van der Waals surface area contributed by atoms with Crippen LogP contribution in [0.25, 0.3) is 11.4 Å². The Hall–Kier alpha value is -4.65. The minimum Gasteiger partial charge on any atom is -0.465 e. The summed E-state index contributed by atoms with van der Waals surface area (Å²) < 4.78 is 57.3. The van der Waals surface area contributed by atoms with Crippen LogP contribution in [0.1, 0.15) is 22.7 Å². The summed E-state index contributed by atoms with van der Waals surface area (Å²) in [5, 5.41) is 18.0. The van der Waals surface area contributed by atoms with E-state index >= 15 is 0 Å². The summed E-state index contributed by atoms with van der Waals surface area (Å²) >= 11 is 5.97. The van der Waals surface area contributed by atoms with E-state index in [0.717, 1.165) is 27.4 Å². The van der Waals surface area contributed by atoms with Gasteiger partial charge < -0.3 is 15.7 Å². The molecule has 0 spiro atoms. The summed E-state index contributed by atoms with van der Waals surface area (Å²) in [6.07, 6.45) is -6.29. The van der Waals surface area contributed by atoms with Crippen molar-refractivity contribution >= 4 is 23.6 Å². The number of aromatic nitrogens is 3. The number of carbonyl (C=O) groups is 2. The maximum absolute atomic E-state index is 14.4. The second-order valence-corrected chi connectivity index (χ2v) is 9.28. The third-order valence-corrected chi connectivity index (χ3v) is 6.29. The quantitative estimate of drug-likeness (QED) is 0.244. The molecule has 9 nitrogen and oxygen atoms in total. The Balaban J connectivity index is 1.67. The molecule has 0 fully saturated rings. The van der Waals surface area contributed by atoms with Gasteiger partial charge in [0.25, 0.3) is 0 Å². The summed E-state index contributed by atoms with van der Waals surface area (Å²) in [5.74, 6) is -1.39. The van der Waals surface area contributed by atoms with Crippen LogP contribution in [0.2, 0.25) is 5.02 Å². The van der Waals surface area contributed by atoms with Gasteiger partial charge in [0.05, 0.1) is 18.2 Å². The SMILES string of the molecule is O=C(O)NCC(NC(=O)Cn1nc(-c2ccc(Cl)cc2)n(Cc2ccccc2F)c1=O)c1ccccc1C(F)(F)F. The number of carboxylic acid groups (broad SMARTS) is 1. The van der Waals surface area contributed by atoms with E-state index in [-0.39, 0.29) is 23.5 Å². The highest BCUT2D eigenvalue weighted by Gasteiger charge is 2.35. The number of alkyl halides is 3. The molecule has 14 heteroatoms. The number of rotatable bonds is 9. The molecule has 41 heavy (non-hydrogen) atoms. The van der Waals surface area contributed by atoms with E-state index in [9.17, 15) is 31.9 Å². The molecule has 0 aliphatic heterocycles. The smallest absolute Gasteiger partial charge is 0.416 e. The molecule has 1 unspecified atom stereocenters. The Bertz CT molecular complexity index is 1620. The van der Waals surface area contributed by atoms with Crippen molar-refractivity contribution in [1.29, 1.82) is 0 Å². The highest BCUT2D eigenvalue weighted by atomic mass is 35.5. The summed E-state index contributed by atoms with van der Waals surface area (Å²) in [5.41, 5.74) is -1.61. The molecule has 4 aromatic rings. The molecule has 3 aromatic carbocycles. The summed E-state index contributed by atoms with van der Waals surface area (Å²) in [4.78, 5) is 37.4. The van der Waals surface area contributed by atoms with Crippen molar-refractivity contribution in [3.63, 3.8) is 0 Å². The van der Waals surface area contributed by atoms with Crippen LogP contribution in [0.3, 0.4) is 0 Å². The number of benzene rings is 3. The molecule has 4 rings (SSSR count). The van der Waals surface area contributed by atoms with E-state index in [1.54, 1.807) is 30.3 Å². The number of halogens is 5. The van der Waals surface area contributed by atoms with Crippen molar-refractivity contribution in [2.45, 2.75) is 25.3 Å². The van der Waals surface area contributed by atoms with Gasteiger partial charge in [-0.05, 0) is 42.0 Å². The number of hydrogen-bond acceptors (Lipinski definition) is 4. The summed E-state index contributed by atoms with van der Waals surface area (Å²) in [6.45, 7) is -1.53. The first-order chi connectivity index (χ1) is 19.4. The summed E-state index contributed by atoms with van der Waals surface area (Å²) in [6, 6.07) is 15.0. The fraction of sp³-hybridized carbons (Fsp3) is 0.185. The van der Waals surface area contributed by atoms with Gasteiger partial charge >= 0.3 is 18.0 Å². The molecule has 1 aromatic heterocycles. The highest BCUT2D eigenvalue weighted by Crippen LogP contribution is 2.34. The van der Waals surface area contributed by atoms with E-state index in [1.807, 2.05) is 5.32 Å². The predicted molar refractivity (Wildman–Crippen MR) is 141 cm³/mol. The minimum absolute atomic E-state index is 0.0919. The van der Waals surface area contributed by atoms with Gasteiger partial charge in [-0.25, -0.2) is 18.7 Å². The van der Waals surface area contributed by atoms with Crippen LogP contribution in [-0.4, -0.2) is 38.0 Å². The van der Waals surface area contributed by atoms with Crippen LogP contribution in [0.4, 0.5) is 22.4 Å². The predicted octanol–water partition coefficient (Wildman–Crippen LogP) is 4.70. The van der Waals surface area contributed by atoms with Gasteiger partial charge in [0.2, 0.25) is 5.91 Å². The Labute approximate surface area is 235 Å². The Morgan fingerprint density at radius 1 is 1.00 bits per heavy atom. The van der Waals surface area contributed by atoms with E-state index in [4.69, 9.17) is 16.7 Å². The molecule has 214 valence electrons. The first-order valence-electron chi connectivity index (χ1n) is 12.0. The molecule has 1 heterocycles. The molecular weight excluding hydrogens is 570 g/mol. The van der Waals surface area contributed by atoms with Crippen molar-refractivity contribution in [2.24, 2.45) is 0 Å². The van der Waals surface area contributed by atoms with Gasteiger partial charge in [-0.15, -0.1) is 5.10 Å². The van der Waals surface area contributed by atoms with Crippen molar-refractivity contribution in [3.05, 3.63) is 111 Å². The van der Waals surface area contributed by atoms with E-state index in [1.165, 1.54) is 24.3 Å². The third-order valence-electron chi connectivity index (χ3n) is 6.04. The van der Waals surface area contributed by atoms with Gasteiger partial charge in [0.15, 0.2) is 5.82 Å². The van der Waals surface area contributed by atoms with Crippen molar-refractivity contribution < 1.29 is 32.3 Å². The van der Waals surface area contributed by atoms with Crippen molar-refractivity contribution in [3.8, 4) is 11.4 Å². The Morgan fingerprint density at radius 2 is 1.66 bits per heavy atom. The second kappa shape index (κ2) is 12.3. The molecule has 0 radical (unpaired) electrons. The lowest BCUT2D eigenvalue weighted by molar-refractivity contribution is -0.138. The van der Waals surface area contributed by atoms with Crippen LogP contribution < -0.4 is 16.3 Å². The van der Waals surface area contributed by atoms with Crippen LogP contribution in [0.5, 0.6) is 0 Å². The number of amides is 2. The number of nitrogens with one attached hydrogen (secondary N) is 2. The molecule has 2 amide bonds. The van der Waals surface area contributed by atoms with E-state index in [2.05, 4.69) is 10.4 Å². The molecule has 0 aliphatic carbocycles. The average molecular weight is 592 g/mol. The molecule has 0 aliphatic rings. The van der Waals surface area contributed by atoms with Crippen LogP contribution in [0, 0.1) is 5.82 Å². The molecule has 1 atom stereocenters. The molecule has 0 saturated heterocycles. The first kappa shape index (κ1) is 29.3. The zero-order chi connectivity index (χ0) is 29.7. The second-order valence-electron chi connectivity index (χ2n) is 8.84. The zero-order valence-corrected chi connectivity index (χ0v) is 21.8. The van der Waals surface area contributed by atoms with Gasteiger partial charge in [-0.3, -0.25) is 9.36 Å².